The van der Waals surface area contributed by atoms with Crippen LogP contribution in [0, 0.1) is 5.92 Å². The topological polar surface area (TPSA) is 116 Å². The van der Waals surface area contributed by atoms with E-state index < -0.39 is 35.9 Å². The Morgan fingerprint density at radius 1 is 1.29 bits per heavy atom. The van der Waals surface area contributed by atoms with E-state index in [1.807, 2.05) is 0 Å². The van der Waals surface area contributed by atoms with Gasteiger partial charge in [0.1, 0.15) is 11.7 Å². The van der Waals surface area contributed by atoms with Crippen molar-refractivity contribution in [3.8, 4) is 5.75 Å². The van der Waals surface area contributed by atoms with Crippen LogP contribution in [0.2, 0.25) is 0 Å². The standard InChI is InChI=1S/C16H14O8/c1-22-16(21)14(11-8-13(19)24-15(11)20)23-12(18)7-4-9-2-5-10(17)6-3-9/h2-7,11,14,17H,8H2,1H3. The second-order valence-electron chi connectivity index (χ2n) is 4.91. The first kappa shape index (κ1) is 17.2. The minimum absolute atomic E-state index is 0.0740. The van der Waals surface area contributed by atoms with Crippen molar-refractivity contribution in [3.63, 3.8) is 0 Å². The van der Waals surface area contributed by atoms with E-state index in [0.29, 0.717) is 5.56 Å². The molecule has 8 nitrogen and oxygen atoms in total. The minimum Gasteiger partial charge on any atom is -0.508 e. The highest BCUT2D eigenvalue weighted by Gasteiger charge is 2.45. The van der Waals surface area contributed by atoms with Gasteiger partial charge in [0, 0.05) is 6.08 Å². The smallest absolute Gasteiger partial charge is 0.348 e. The molecule has 2 rings (SSSR count). The molecule has 0 spiro atoms. The zero-order valence-electron chi connectivity index (χ0n) is 12.6. The van der Waals surface area contributed by atoms with E-state index in [0.717, 1.165) is 13.2 Å². The molecular weight excluding hydrogens is 320 g/mol. The summed E-state index contributed by atoms with van der Waals surface area (Å²) in [6, 6.07) is 5.98. The van der Waals surface area contributed by atoms with Gasteiger partial charge >= 0.3 is 23.9 Å². The molecule has 2 unspecified atom stereocenters. The third-order valence-electron chi connectivity index (χ3n) is 3.25. The number of rotatable bonds is 5. The molecule has 0 aromatic heterocycles. The Morgan fingerprint density at radius 3 is 2.50 bits per heavy atom. The van der Waals surface area contributed by atoms with Gasteiger partial charge in [-0.2, -0.15) is 0 Å². The van der Waals surface area contributed by atoms with E-state index in [1.54, 1.807) is 12.1 Å². The van der Waals surface area contributed by atoms with Crippen LogP contribution in [0.3, 0.4) is 0 Å². The highest BCUT2D eigenvalue weighted by molar-refractivity contribution is 5.99. The summed E-state index contributed by atoms with van der Waals surface area (Å²) in [6.07, 6.45) is 0.512. The molecule has 24 heavy (non-hydrogen) atoms. The number of methoxy groups -OCH3 is 1. The molecule has 2 atom stereocenters. The Bertz CT molecular complexity index is 689. The third-order valence-corrected chi connectivity index (χ3v) is 3.25. The molecule has 0 saturated carbocycles. The second kappa shape index (κ2) is 7.40. The maximum absolute atomic E-state index is 11.9. The van der Waals surface area contributed by atoms with Gasteiger partial charge in [-0.05, 0) is 23.8 Å². The number of carbonyl (C=O) groups excluding carboxylic acids is 4. The van der Waals surface area contributed by atoms with E-state index in [9.17, 15) is 24.3 Å². The van der Waals surface area contributed by atoms with Crippen LogP contribution < -0.4 is 0 Å². The summed E-state index contributed by atoms with van der Waals surface area (Å²) < 4.78 is 13.8. The lowest BCUT2D eigenvalue weighted by Gasteiger charge is -2.17. The summed E-state index contributed by atoms with van der Waals surface area (Å²) in [6.45, 7) is 0. The number of aromatic hydroxyl groups is 1. The zero-order chi connectivity index (χ0) is 17.7. The average Bonchev–Trinajstić information content (AvgIpc) is 2.89. The number of phenols is 1. The molecule has 126 valence electrons. The zero-order valence-corrected chi connectivity index (χ0v) is 12.6. The molecule has 1 aromatic rings. The van der Waals surface area contributed by atoms with E-state index in [-0.39, 0.29) is 12.2 Å². The number of benzene rings is 1. The summed E-state index contributed by atoms with van der Waals surface area (Å²) in [4.78, 5) is 46.3. The number of carbonyl (C=O) groups is 4. The molecule has 1 aliphatic rings. The van der Waals surface area contributed by atoms with Crippen molar-refractivity contribution in [2.24, 2.45) is 5.92 Å². The molecule has 0 radical (unpaired) electrons. The van der Waals surface area contributed by atoms with Crippen LogP contribution in [-0.2, 0) is 33.4 Å². The Kier molecular flexibility index (Phi) is 5.31. The van der Waals surface area contributed by atoms with Gasteiger partial charge in [0.05, 0.1) is 13.5 Å². The van der Waals surface area contributed by atoms with Gasteiger partial charge in [-0.3, -0.25) is 9.59 Å². The highest BCUT2D eigenvalue weighted by Crippen LogP contribution is 2.23. The fourth-order valence-corrected chi connectivity index (χ4v) is 2.05. The van der Waals surface area contributed by atoms with Crippen molar-refractivity contribution in [2.75, 3.05) is 7.11 Å². The second-order valence-corrected chi connectivity index (χ2v) is 4.91. The van der Waals surface area contributed by atoms with Gasteiger partial charge in [-0.1, -0.05) is 12.1 Å². The van der Waals surface area contributed by atoms with Crippen LogP contribution in [0.1, 0.15) is 12.0 Å². The van der Waals surface area contributed by atoms with Gasteiger partial charge in [-0.25, -0.2) is 9.59 Å². The molecule has 1 aromatic carbocycles. The highest BCUT2D eigenvalue weighted by atomic mass is 16.6. The summed E-state index contributed by atoms with van der Waals surface area (Å²) >= 11 is 0. The van der Waals surface area contributed by atoms with Gasteiger partial charge < -0.3 is 19.3 Å². The Balaban J connectivity index is 2.07. The van der Waals surface area contributed by atoms with Gasteiger partial charge in [0.2, 0.25) is 6.10 Å². The van der Waals surface area contributed by atoms with Crippen LogP contribution in [0.4, 0.5) is 0 Å². The average molecular weight is 334 g/mol. The monoisotopic (exact) mass is 334 g/mol. The number of cyclic esters (lactones) is 2. The molecule has 8 heteroatoms. The van der Waals surface area contributed by atoms with Crippen molar-refractivity contribution in [3.05, 3.63) is 35.9 Å². The van der Waals surface area contributed by atoms with Crippen molar-refractivity contribution in [1.82, 2.24) is 0 Å². The van der Waals surface area contributed by atoms with E-state index in [4.69, 9.17) is 4.74 Å². The van der Waals surface area contributed by atoms with Crippen LogP contribution in [0.25, 0.3) is 6.08 Å². The van der Waals surface area contributed by atoms with E-state index in [1.165, 1.54) is 18.2 Å². The van der Waals surface area contributed by atoms with Crippen molar-refractivity contribution < 1.29 is 38.5 Å². The Morgan fingerprint density at radius 2 is 1.96 bits per heavy atom. The number of phenolic OH excluding ortho intramolecular Hbond substituents is 1. The van der Waals surface area contributed by atoms with Crippen LogP contribution in [-0.4, -0.2) is 42.2 Å². The molecule has 1 heterocycles. The van der Waals surface area contributed by atoms with E-state index in [2.05, 4.69) is 9.47 Å². The maximum Gasteiger partial charge on any atom is 0.348 e. The number of hydrogen-bond donors (Lipinski definition) is 1. The fourth-order valence-electron chi connectivity index (χ4n) is 2.05. The number of ether oxygens (including phenoxy) is 3. The summed E-state index contributed by atoms with van der Waals surface area (Å²) in [5, 5.41) is 9.17. The lowest BCUT2D eigenvalue weighted by atomic mass is 10.0. The third kappa shape index (κ3) is 4.19. The van der Waals surface area contributed by atoms with Gasteiger partial charge in [0.15, 0.2) is 0 Å². The SMILES string of the molecule is COC(=O)C(OC(=O)C=Cc1ccc(O)cc1)C1CC(=O)OC1=O. The quantitative estimate of drug-likeness (QED) is 0.360. The molecule has 0 amide bonds. The van der Waals surface area contributed by atoms with Crippen molar-refractivity contribution >= 4 is 30.0 Å². The first-order valence-electron chi connectivity index (χ1n) is 6.91. The summed E-state index contributed by atoms with van der Waals surface area (Å²) in [7, 11) is 1.07. The Labute approximate surface area is 136 Å². The molecule has 1 aliphatic heterocycles. The predicted octanol–water partition coefficient (Wildman–Crippen LogP) is 0.580. The molecular formula is C16H14O8. The first-order valence-corrected chi connectivity index (χ1v) is 6.91. The minimum atomic E-state index is -1.56. The largest absolute Gasteiger partial charge is 0.508 e. The lowest BCUT2D eigenvalue weighted by Crippen LogP contribution is -2.37. The molecule has 0 bridgehead atoms. The number of hydrogen-bond acceptors (Lipinski definition) is 8. The number of esters is 4. The van der Waals surface area contributed by atoms with E-state index >= 15 is 0 Å². The van der Waals surface area contributed by atoms with Crippen LogP contribution in [0.15, 0.2) is 30.3 Å². The summed E-state index contributed by atoms with van der Waals surface area (Å²) in [5.74, 6) is -4.75. The van der Waals surface area contributed by atoms with Gasteiger partial charge in [0.25, 0.3) is 0 Å². The Hall–Kier alpha value is -3.16. The van der Waals surface area contributed by atoms with Crippen LogP contribution in [0.5, 0.6) is 5.75 Å². The summed E-state index contributed by atoms with van der Waals surface area (Å²) in [5.41, 5.74) is 0.606. The maximum atomic E-state index is 11.9. The molecule has 0 aliphatic carbocycles. The molecule has 1 N–H and O–H groups in total. The predicted molar refractivity (Wildman–Crippen MR) is 78.2 cm³/mol. The van der Waals surface area contributed by atoms with Gasteiger partial charge in [-0.15, -0.1) is 0 Å². The molecule has 1 saturated heterocycles. The van der Waals surface area contributed by atoms with Crippen LogP contribution >= 0.6 is 0 Å². The lowest BCUT2D eigenvalue weighted by molar-refractivity contribution is -0.170. The molecule has 1 fully saturated rings. The normalized spacial score (nSPS) is 18.3. The fraction of sp³-hybridized carbons (Fsp3) is 0.250. The first-order chi connectivity index (χ1) is 11.4. The van der Waals surface area contributed by atoms with Crippen molar-refractivity contribution in [1.29, 1.82) is 0 Å². The van der Waals surface area contributed by atoms with Crippen molar-refractivity contribution in [2.45, 2.75) is 12.5 Å².